The summed E-state index contributed by atoms with van der Waals surface area (Å²) in [6.45, 7) is 0. The molecule has 5 heteroatoms. The van der Waals surface area contributed by atoms with Gasteiger partial charge in [0.25, 0.3) is 0 Å². The highest BCUT2D eigenvalue weighted by atomic mass is 32.2. The van der Waals surface area contributed by atoms with Gasteiger partial charge in [-0.2, -0.15) is 5.26 Å². The van der Waals surface area contributed by atoms with Gasteiger partial charge in [0.2, 0.25) is 0 Å². The van der Waals surface area contributed by atoms with E-state index < -0.39 is 15.8 Å². The Hall–Kier alpha value is -0.600. The third-order valence-electron chi connectivity index (χ3n) is 0.722. The standard InChI is InChI=1S/C4H7NO3S/c5-2-1-3-9(7,8)4-6/h6H,1,3-4H2. The number of nitrogens with zero attached hydrogens (tertiary/aromatic N) is 1. The Morgan fingerprint density at radius 1 is 1.56 bits per heavy atom. The second-order valence-corrected chi connectivity index (χ2v) is 3.64. The van der Waals surface area contributed by atoms with Crippen LogP contribution < -0.4 is 0 Å². The van der Waals surface area contributed by atoms with E-state index >= 15 is 0 Å². The molecule has 0 unspecified atom stereocenters. The highest BCUT2D eigenvalue weighted by Gasteiger charge is 2.05. The first-order chi connectivity index (χ1) is 4.12. The number of nitriles is 1. The van der Waals surface area contributed by atoms with E-state index in [0.717, 1.165) is 0 Å². The molecule has 1 N–H and O–H groups in total. The summed E-state index contributed by atoms with van der Waals surface area (Å²) >= 11 is 0. The van der Waals surface area contributed by atoms with Crippen LogP contribution in [0.1, 0.15) is 6.42 Å². The third kappa shape index (κ3) is 3.94. The minimum atomic E-state index is -3.35. The van der Waals surface area contributed by atoms with Gasteiger partial charge in [0.1, 0.15) is 5.94 Å². The molecule has 0 aromatic carbocycles. The lowest BCUT2D eigenvalue weighted by molar-refractivity contribution is 0.358. The van der Waals surface area contributed by atoms with Crippen molar-refractivity contribution in [1.82, 2.24) is 0 Å². The van der Waals surface area contributed by atoms with E-state index in [1.54, 1.807) is 6.07 Å². The molecule has 52 valence electrons. The average Bonchev–Trinajstić information content (AvgIpc) is 1.84. The largest absolute Gasteiger partial charge is 0.380 e. The zero-order chi connectivity index (χ0) is 7.33. The van der Waals surface area contributed by atoms with Crippen LogP contribution in [0.25, 0.3) is 0 Å². The molecule has 0 aliphatic carbocycles. The van der Waals surface area contributed by atoms with Crippen molar-refractivity contribution in [2.75, 3.05) is 11.7 Å². The molecule has 9 heavy (non-hydrogen) atoms. The quantitative estimate of drug-likeness (QED) is 0.573. The van der Waals surface area contributed by atoms with Gasteiger partial charge in [0, 0.05) is 6.42 Å². The average molecular weight is 149 g/mol. The Morgan fingerprint density at radius 3 is 2.44 bits per heavy atom. The van der Waals surface area contributed by atoms with Crippen molar-refractivity contribution in [1.29, 1.82) is 5.26 Å². The van der Waals surface area contributed by atoms with Gasteiger partial charge in [0.15, 0.2) is 9.84 Å². The van der Waals surface area contributed by atoms with Gasteiger partial charge in [-0.3, -0.25) is 0 Å². The summed E-state index contributed by atoms with van der Waals surface area (Å²) in [5.41, 5.74) is 0. The van der Waals surface area contributed by atoms with Gasteiger partial charge in [-0.25, -0.2) is 8.42 Å². The molecule has 0 rings (SSSR count). The maximum absolute atomic E-state index is 10.4. The molecular formula is C4H7NO3S. The number of sulfone groups is 1. The molecule has 0 aromatic rings. The lowest BCUT2D eigenvalue weighted by Gasteiger charge is -1.91. The Balaban J connectivity index is 3.78. The maximum atomic E-state index is 10.4. The lowest BCUT2D eigenvalue weighted by Crippen LogP contribution is -2.09. The molecule has 0 fully saturated rings. The van der Waals surface area contributed by atoms with E-state index in [0.29, 0.717) is 0 Å². The highest BCUT2D eigenvalue weighted by molar-refractivity contribution is 7.91. The first kappa shape index (κ1) is 8.40. The molecule has 0 saturated heterocycles. The van der Waals surface area contributed by atoms with Crippen LogP contribution in [0.5, 0.6) is 0 Å². The summed E-state index contributed by atoms with van der Waals surface area (Å²) in [6.07, 6.45) is -0.0527. The second-order valence-electron chi connectivity index (χ2n) is 1.48. The monoisotopic (exact) mass is 149 g/mol. The normalized spacial score (nSPS) is 10.7. The molecule has 0 aliphatic rings. The molecule has 0 radical (unpaired) electrons. The fraction of sp³-hybridized carbons (Fsp3) is 0.750. The molecule has 0 aromatic heterocycles. The van der Waals surface area contributed by atoms with Crippen molar-refractivity contribution in [3.8, 4) is 6.07 Å². The Kier molecular flexibility index (Phi) is 3.20. The maximum Gasteiger partial charge on any atom is 0.174 e. The molecule has 4 nitrogen and oxygen atoms in total. The Morgan fingerprint density at radius 2 is 2.11 bits per heavy atom. The van der Waals surface area contributed by atoms with Crippen LogP contribution in [0.4, 0.5) is 0 Å². The highest BCUT2D eigenvalue weighted by Crippen LogP contribution is 1.89. The van der Waals surface area contributed by atoms with Crippen molar-refractivity contribution in [2.24, 2.45) is 0 Å². The molecule has 0 spiro atoms. The van der Waals surface area contributed by atoms with E-state index in [4.69, 9.17) is 10.4 Å². The fourth-order valence-corrected chi connectivity index (χ4v) is 0.797. The molecule has 0 saturated carbocycles. The van der Waals surface area contributed by atoms with Crippen LogP contribution in [-0.2, 0) is 9.84 Å². The number of hydrogen-bond acceptors (Lipinski definition) is 4. The summed E-state index contributed by atoms with van der Waals surface area (Å²) in [5, 5.41) is 16.1. The van der Waals surface area contributed by atoms with E-state index in [-0.39, 0.29) is 12.2 Å². The Bertz CT molecular complexity index is 200. The van der Waals surface area contributed by atoms with Crippen molar-refractivity contribution in [2.45, 2.75) is 6.42 Å². The first-order valence-electron chi connectivity index (χ1n) is 2.30. The van der Waals surface area contributed by atoms with Gasteiger partial charge in [-0.1, -0.05) is 0 Å². The minimum Gasteiger partial charge on any atom is -0.380 e. The topological polar surface area (TPSA) is 78.2 Å². The lowest BCUT2D eigenvalue weighted by atomic mass is 10.6. The number of aliphatic hydroxyl groups is 1. The van der Waals surface area contributed by atoms with Crippen LogP contribution in [0.15, 0.2) is 0 Å². The predicted molar refractivity (Wildman–Crippen MR) is 31.1 cm³/mol. The van der Waals surface area contributed by atoms with Gasteiger partial charge in [0.05, 0.1) is 11.8 Å². The van der Waals surface area contributed by atoms with Crippen molar-refractivity contribution >= 4 is 9.84 Å². The zero-order valence-corrected chi connectivity index (χ0v) is 5.56. The first-order valence-corrected chi connectivity index (χ1v) is 4.13. The molecule has 0 atom stereocenters. The van der Waals surface area contributed by atoms with Gasteiger partial charge < -0.3 is 5.11 Å². The number of aliphatic hydroxyl groups excluding tert-OH is 1. The van der Waals surface area contributed by atoms with Gasteiger partial charge in [-0.05, 0) is 0 Å². The SMILES string of the molecule is N#CCCS(=O)(=O)CO. The third-order valence-corrected chi connectivity index (χ3v) is 1.94. The van der Waals surface area contributed by atoms with Crippen molar-refractivity contribution < 1.29 is 13.5 Å². The van der Waals surface area contributed by atoms with Crippen LogP contribution in [0.3, 0.4) is 0 Å². The van der Waals surface area contributed by atoms with Crippen molar-refractivity contribution in [3.05, 3.63) is 0 Å². The number of rotatable bonds is 3. The summed E-state index contributed by atoms with van der Waals surface area (Å²) in [5.74, 6) is -1.12. The van der Waals surface area contributed by atoms with Crippen LogP contribution in [0, 0.1) is 11.3 Å². The predicted octanol–water partition coefficient (Wildman–Crippen LogP) is -0.735. The molecular weight excluding hydrogens is 142 g/mol. The summed E-state index contributed by atoms with van der Waals surface area (Å²) in [7, 11) is -3.35. The fourth-order valence-electron chi connectivity index (χ4n) is 0.266. The van der Waals surface area contributed by atoms with E-state index in [9.17, 15) is 8.42 Å². The molecule has 0 amide bonds. The smallest absolute Gasteiger partial charge is 0.174 e. The minimum absolute atomic E-state index is 0.0527. The number of hydrogen-bond donors (Lipinski definition) is 1. The van der Waals surface area contributed by atoms with E-state index in [1.165, 1.54) is 0 Å². The van der Waals surface area contributed by atoms with E-state index in [2.05, 4.69) is 0 Å². The van der Waals surface area contributed by atoms with Gasteiger partial charge >= 0.3 is 0 Å². The molecule has 0 heterocycles. The van der Waals surface area contributed by atoms with E-state index in [1.807, 2.05) is 0 Å². The van der Waals surface area contributed by atoms with Crippen LogP contribution in [0.2, 0.25) is 0 Å². The molecule has 0 aliphatic heterocycles. The van der Waals surface area contributed by atoms with Crippen molar-refractivity contribution in [3.63, 3.8) is 0 Å². The Labute approximate surface area is 53.6 Å². The summed E-state index contributed by atoms with van der Waals surface area (Å²) in [6, 6.07) is 1.67. The summed E-state index contributed by atoms with van der Waals surface area (Å²) in [4.78, 5) is 0. The van der Waals surface area contributed by atoms with Crippen LogP contribution >= 0.6 is 0 Å². The molecule has 0 bridgehead atoms. The second kappa shape index (κ2) is 3.43. The summed E-state index contributed by atoms with van der Waals surface area (Å²) < 4.78 is 20.7. The zero-order valence-electron chi connectivity index (χ0n) is 4.74. The van der Waals surface area contributed by atoms with Crippen LogP contribution in [-0.4, -0.2) is 25.2 Å². The van der Waals surface area contributed by atoms with Gasteiger partial charge in [-0.15, -0.1) is 0 Å².